The highest BCUT2D eigenvalue weighted by Crippen LogP contribution is 2.34. The molecule has 2 aromatic carbocycles. The van der Waals surface area contributed by atoms with Gasteiger partial charge in [0, 0.05) is 54.2 Å². The minimum absolute atomic E-state index is 0.199. The van der Waals surface area contributed by atoms with E-state index < -0.39 is 0 Å². The third-order valence-corrected chi connectivity index (χ3v) is 5.91. The molecule has 0 spiro atoms. The first-order valence-electron chi connectivity index (χ1n) is 10.6. The van der Waals surface area contributed by atoms with Crippen LogP contribution < -0.4 is 5.56 Å². The van der Waals surface area contributed by atoms with Gasteiger partial charge in [-0.1, -0.05) is 53.7 Å². The maximum Gasteiger partial charge on any atom is 0.260 e. The Morgan fingerprint density at radius 2 is 1.88 bits per heavy atom. The van der Waals surface area contributed by atoms with E-state index in [0.29, 0.717) is 16.1 Å². The Bertz CT molecular complexity index is 1210. The standard InChI is InChI=1S/C25H27ClN4O2/c1-17(16-30-13-11-29(3)12-14-30)28-32-18(2)23-24(19-7-5-4-6-8-19)21-15-20(26)9-10-22(21)27-25(23)31/h4-10,15H,2,11-14,16H2,1,3H3,(H,27,31)/b28-17+. The summed E-state index contributed by atoms with van der Waals surface area (Å²) >= 11 is 6.28. The van der Waals surface area contributed by atoms with E-state index in [2.05, 4.69) is 33.6 Å². The van der Waals surface area contributed by atoms with Crippen molar-refractivity contribution in [1.82, 2.24) is 14.8 Å². The van der Waals surface area contributed by atoms with E-state index >= 15 is 0 Å². The van der Waals surface area contributed by atoms with E-state index in [4.69, 9.17) is 16.4 Å². The average molecular weight is 451 g/mol. The van der Waals surface area contributed by atoms with E-state index in [0.717, 1.165) is 54.9 Å². The molecule has 6 nitrogen and oxygen atoms in total. The molecule has 0 unspecified atom stereocenters. The molecular formula is C25H27ClN4O2. The summed E-state index contributed by atoms with van der Waals surface area (Å²) in [5.74, 6) is 0.199. The first kappa shape index (κ1) is 22.3. The number of aromatic nitrogens is 1. The van der Waals surface area contributed by atoms with Gasteiger partial charge in [0.1, 0.15) is 0 Å². The fraction of sp³-hybridized carbons (Fsp3) is 0.280. The average Bonchev–Trinajstić information content (AvgIpc) is 2.79. The number of pyridine rings is 1. The summed E-state index contributed by atoms with van der Waals surface area (Å²) in [6.45, 7) is 10.7. The number of halogens is 1. The number of benzene rings is 2. The van der Waals surface area contributed by atoms with Crippen LogP contribution in [0.2, 0.25) is 5.02 Å². The maximum absolute atomic E-state index is 13.1. The molecule has 1 saturated heterocycles. The number of likely N-dealkylation sites (N-methyl/N-ethyl adjacent to an activating group) is 1. The molecule has 32 heavy (non-hydrogen) atoms. The van der Waals surface area contributed by atoms with Crippen LogP contribution in [0.25, 0.3) is 27.8 Å². The fourth-order valence-electron chi connectivity index (χ4n) is 3.97. The van der Waals surface area contributed by atoms with Crippen LogP contribution >= 0.6 is 11.6 Å². The Labute approximate surface area is 192 Å². The summed E-state index contributed by atoms with van der Waals surface area (Å²) < 4.78 is 0. The summed E-state index contributed by atoms with van der Waals surface area (Å²) in [5, 5.41) is 5.67. The minimum atomic E-state index is -0.282. The summed E-state index contributed by atoms with van der Waals surface area (Å²) in [5.41, 5.74) is 3.20. The van der Waals surface area contributed by atoms with Gasteiger partial charge < -0.3 is 14.7 Å². The largest absolute Gasteiger partial charge is 0.357 e. The molecule has 4 rings (SSSR count). The second-order valence-electron chi connectivity index (χ2n) is 8.18. The molecule has 0 atom stereocenters. The van der Waals surface area contributed by atoms with E-state index in [1.54, 1.807) is 12.1 Å². The molecule has 3 aromatic rings. The van der Waals surface area contributed by atoms with Gasteiger partial charge in [-0.2, -0.15) is 0 Å². The van der Waals surface area contributed by atoms with Gasteiger partial charge in [-0.25, -0.2) is 0 Å². The van der Waals surface area contributed by atoms with Gasteiger partial charge in [-0.3, -0.25) is 9.69 Å². The third kappa shape index (κ3) is 4.93. The minimum Gasteiger partial charge on any atom is -0.357 e. The van der Waals surface area contributed by atoms with E-state index in [-0.39, 0.29) is 11.3 Å². The first-order valence-corrected chi connectivity index (χ1v) is 11.0. The molecule has 0 radical (unpaired) electrons. The van der Waals surface area contributed by atoms with Crippen LogP contribution in [0, 0.1) is 0 Å². The topological polar surface area (TPSA) is 60.9 Å². The Hall–Kier alpha value is -2.93. The lowest BCUT2D eigenvalue weighted by Crippen LogP contribution is -2.45. The highest BCUT2D eigenvalue weighted by molar-refractivity contribution is 6.31. The fourth-order valence-corrected chi connectivity index (χ4v) is 4.15. The normalized spacial score (nSPS) is 15.8. The molecule has 7 heteroatoms. The van der Waals surface area contributed by atoms with Crippen molar-refractivity contribution in [3.63, 3.8) is 0 Å². The van der Waals surface area contributed by atoms with E-state index in [1.807, 2.05) is 43.3 Å². The SMILES string of the molecule is C=C(O/N=C(\C)CN1CCN(C)CC1)c1c(-c2ccccc2)c2cc(Cl)ccc2[nH]c1=O. The number of hydrogen-bond donors (Lipinski definition) is 1. The van der Waals surface area contributed by atoms with Gasteiger partial charge in [0.25, 0.3) is 5.56 Å². The molecule has 166 valence electrons. The predicted molar refractivity (Wildman–Crippen MR) is 132 cm³/mol. The van der Waals surface area contributed by atoms with Gasteiger partial charge >= 0.3 is 0 Å². The summed E-state index contributed by atoms with van der Waals surface area (Å²) in [4.78, 5) is 26.3. The Kier molecular flexibility index (Phi) is 6.74. The van der Waals surface area contributed by atoms with Gasteiger partial charge in [-0.05, 0) is 37.7 Å². The number of H-pyrrole nitrogens is 1. The van der Waals surface area contributed by atoms with Crippen molar-refractivity contribution in [3.8, 4) is 11.1 Å². The number of piperazine rings is 1. The van der Waals surface area contributed by atoms with Crippen LogP contribution in [0.3, 0.4) is 0 Å². The van der Waals surface area contributed by atoms with Crippen LogP contribution in [0.15, 0.2) is 65.1 Å². The molecule has 1 fully saturated rings. The molecule has 0 bridgehead atoms. The lowest BCUT2D eigenvalue weighted by atomic mass is 9.95. The zero-order chi connectivity index (χ0) is 22.7. The summed E-state index contributed by atoms with van der Waals surface area (Å²) in [6.07, 6.45) is 0. The van der Waals surface area contributed by atoms with Crippen LogP contribution in [0.4, 0.5) is 0 Å². The molecule has 1 N–H and O–H groups in total. The zero-order valence-corrected chi connectivity index (χ0v) is 19.2. The van der Waals surface area contributed by atoms with E-state index in [9.17, 15) is 4.79 Å². The van der Waals surface area contributed by atoms with Crippen molar-refractivity contribution >= 4 is 34.0 Å². The van der Waals surface area contributed by atoms with Crippen molar-refractivity contribution in [2.75, 3.05) is 39.8 Å². The number of aromatic amines is 1. The molecule has 0 amide bonds. The Balaban J connectivity index is 1.66. The molecular weight excluding hydrogens is 424 g/mol. The molecule has 1 aliphatic heterocycles. The zero-order valence-electron chi connectivity index (χ0n) is 18.4. The van der Waals surface area contributed by atoms with Gasteiger partial charge in [-0.15, -0.1) is 0 Å². The lowest BCUT2D eigenvalue weighted by molar-refractivity contribution is 0.169. The summed E-state index contributed by atoms with van der Waals surface area (Å²) in [6, 6.07) is 15.1. The maximum atomic E-state index is 13.1. The number of nitrogens with one attached hydrogen (secondary N) is 1. The molecule has 2 heterocycles. The van der Waals surface area contributed by atoms with Crippen LogP contribution in [-0.4, -0.2) is 60.3 Å². The molecule has 1 aliphatic rings. The van der Waals surface area contributed by atoms with Gasteiger partial charge in [0.2, 0.25) is 0 Å². The number of hydrogen-bond acceptors (Lipinski definition) is 5. The van der Waals surface area contributed by atoms with Crippen LogP contribution in [-0.2, 0) is 4.84 Å². The first-order chi connectivity index (χ1) is 15.4. The number of nitrogens with zero attached hydrogens (tertiary/aromatic N) is 3. The van der Waals surface area contributed by atoms with Crippen molar-refractivity contribution in [2.45, 2.75) is 6.92 Å². The van der Waals surface area contributed by atoms with Crippen molar-refractivity contribution in [2.24, 2.45) is 5.16 Å². The monoisotopic (exact) mass is 450 g/mol. The summed E-state index contributed by atoms with van der Waals surface area (Å²) in [7, 11) is 2.13. The third-order valence-electron chi connectivity index (χ3n) is 5.68. The highest BCUT2D eigenvalue weighted by atomic mass is 35.5. The second kappa shape index (κ2) is 9.69. The number of fused-ring (bicyclic) bond motifs is 1. The predicted octanol–water partition coefficient (Wildman–Crippen LogP) is 4.46. The number of rotatable bonds is 6. The van der Waals surface area contributed by atoms with Gasteiger partial charge in [0.05, 0.1) is 11.3 Å². The van der Waals surface area contributed by atoms with Crippen LogP contribution in [0.1, 0.15) is 12.5 Å². The Morgan fingerprint density at radius 1 is 1.16 bits per heavy atom. The van der Waals surface area contributed by atoms with Crippen molar-refractivity contribution < 1.29 is 4.84 Å². The van der Waals surface area contributed by atoms with Crippen molar-refractivity contribution in [1.29, 1.82) is 0 Å². The van der Waals surface area contributed by atoms with E-state index in [1.165, 1.54) is 0 Å². The molecule has 1 aromatic heterocycles. The van der Waals surface area contributed by atoms with Gasteiger partial charge in [0.15, 0.2) is 5.76 Å². The quantitative estimate of drug-likeness (QED) is 0.342. The van der Waals surface area contributed by atoms with Crippen molar-refractivity contribution in [3.05, 3.63) is 76.0 Å². The second-order valence-corrected chi connectivity index (χ2v) is 8.62. The molecule has 0 aliphatic carbocycles. The van der Waals surface area contributed by atoms with Crippen LogP contribution in [0.5, 0.6) is 0 Å². The highest BCUT2D eigenvalue weighted by Gasteiger charge is 2.19. The smallest absolute Gasteiger partial charge is 0.260 e. The molecule has 0 saturated carbocycles. The lowest BCUT2D eigenvalue weighted by Gasteiger charge is -2.32. The number of oxime groups is 1. The Morgan fingerprint density at radius 3 is 2.59 bits per heavy atom.